The highest BCUT2D eigenvalue weighted by Gasteiger charge is 2.44. The second-order valence-electron chi connectivity index (χ2n) is 6.34. The van der Waals surface area contributed by atoms with Gasteiger partial charge >= 0.3 is 8.80 Å². The van der Waals surface area contributed by atoms with Gasteiger partial charge in [-0.3, -0.25) is 0 Å². The van der Waals surface area contributed by atoms with Gasteiger partial charge in [0.2, 0.25) is 0 Å². The lowest BCUT2D eigenvalue weighted by molar-refractivity contribution is 0.125. The van der Waals surface area contributed by atoms with Crippen LogP contribution in [-0.4, -0.2) is 54.8 Å². The summed E-state index contributed by atoms with van der Waals surface area (Å²) in [4.78, 5) is 0. The van der Waals surface area contributed by atoms with Crippen molar-refractivity contribution in [3.8, 4) is 0 Å². The minimum Gasteiger partial charge on any atom is -0.377 e. The topological polar surface area (TPSA) is 27.7 Å². The van der Waals surface area contributed by atoms with Crippen LogP contribution in [0.5, 0.6) is 0 Å². The van der Waals surface area contributed by atoms with Crippen LogP contribution in [0.3, 0.4) is 0 Å². The minimum atomic E-state index is -2.42. The first-order valence-corrected chi connectivity index (χ1v) is 13.5. The third-order valence-corrected chi connectivity index (χ3v) is 12.9. The Morgan fingerprint density at radius 3 is 1.27 bits per heavy atom. The van der Waals surface area contributed by atoms with Crippen molar-refractivity contribution in [1.82, 2.24) is 0 Å². The Balaban J connectivity index is 4.97. The van der Waals surface area contributed by atoms with Crippen molar-refractivity contribution in [2.75, 3.05) is 46.0 Å². The van der Waals surface area contributed by atoms with Gasteiger partial charge < -0.3 is 13.3 Å². The third kappa shape index (κ3) is 7.87. The molecule has 0 aromatic heterocycles. The summed E-state index contributed by atoms with van der Waals surface area (Å²) in [6.07, 6.45) is 13.7. The Kier molecular flexibility index (Phi) is 13.2. The summed E-state index contributed by atoms with van der Waals surface area (Å²) in [5, 5.41) is 0. The van der Waals surface area contributed by atoms with Gasteiger partial charge in [0.05, 0.1) is 30.7 Å². The van der Waals surface area contributed by atoms with Gasteiger partial charge in [0.1, 0.15) is 0 Å². The van der Waals surface area contributed by atoms with E-state index in [1.807, 2.05) is 0 Å². The van der Waals surface area contributed by atoms with Crippen molar-refractivity contribution < 1.29 is 13.3 Å². The first-order chi connectivity index (χ1) is 10.6. The van der Waals surface area contributed by atoms with Crippen LogP contribution in [0, 0.1) is 0 Å². The van der Waals surface area contributed by atoms with E-state index in [1.165, 1.54) is 63.2 Å². The van der Waals surface area contributed by atoms with Crippen molar-refractivity contribution >= 4 is 16.1 Å². The average molecular weight is 352 g/mol. The normalized spacial score (nSPS) is 12.8. The van der Waals surface area contributed by atoms with Crippen molar-refractivity contribution in [3.05, 3.63) is 0 Å². The number of hydrogen-bond donors (Lipinski definition) is 0. The summed E-state index contributed by atoms with van der Waals surface area (Å²) >= 11 is 0. The maximum Gasteiger partial charge on any atom is 0.503 e. The highest BCUT2D eigenvalue weighted by Crippen LogP contribution is 2.61. The van der Waals surface area contributed by atoms with Gasteiger partial charge in [-0.25, -0.2) is 0 Å². The molecule has 0 heterocycles. The van der Waals surface area contributed by atoms with Gasteiger partial charge in [-0.05, 0) is 19.3 Å². The summed E-state index contributed by atoms with van der Waals surface area (Å²) in [6.45, 7) is 6.94. The first kappa shape index (κ1) is 22.5. The molecule has 0 saturated heterocycles. The van der Waals surface area contributed by atoms with Crippen LogP contribution >= 0.6 is 7.26 Å². The zero-order valence-electron chi connectivity index (χ0n) is 16.0. The molecule has 0 aliphatic rings. The number of hydrogen-bond acceptors (Lipinski definition) is 3. The summed E-state index contributed by atoms with van der Waals surface area (Å²) in [5.74, 6) is 0. The molecule has 0 saturated carbocycles. The highest BCUT2D eigenvalue weighted by molar-refractivity contribution is 7.76. The van der Waals surface area contributed by atoms with E-state index >= 15 is 0 Å². The Bertz CT molecular complexity index is 230. The number of unbranched alkanes of at least 4 members (excludes halogenated alkanes) is 3. The Labute approximate surface area is 141 Å². The highest BCUT2D eigenvalue weighted by atomic mass is 31.2. The van der Waals surface area contributed by atoms with Crippen LogP contribution in [-0.2, 0) is 13.3 Å². The lowest BCUT2D eigenvalue weighted by Crippen LogP contribution is -2.44. The summed E-state index contributed by atoms with van der Waals surface area (Å²) < 4.78 is 17.0. The maximum absolute atomic E-state index is 5.66. The molecule has 0 rings (SSSR count). The Morgan fingerprint density at radius 1 is 0.636 bits per heavy atom. The van der Waals surface area contributed by atoms with Crippen molar-refractivity contribution in [2.45, 2.75) is 65.3 Å². The predicted octanol–water partition coefficient (Wildman–Crippen LogP) is 5.28. The number of rotatable bonds is 15. The second-order valence-corrected chi connectivity index (χ2v) is 13.9. The molecule has 0 bridgehead atoms. The smallest absolute Gasteiger partial charge is 0.377 e. The molecule has 0 N–H and O–H groups in total. The molecular weight excluding hydrogens is 311 g/mol. The lowest BCUT2D eigenvalue weighted by atomic mass is 10.4. The Hall–Kier alpha value is 0.527. The van der Waals surface area contributed by atoms with E-state index in [1.54, 1.807) is 21.3 Å². The zero-order valence-corrected chi connectivity index (χ0v) is 17.8. The third-order valence-electron chi connectivity index (χ3n) is 4.78. The molecule has 0 aliphatic carbocycles. The van der Waals surface area contributed by atoms with E-state index in [-0.39, 0.29) is 0 Å². The zero-order chi connectivity index (χ0) is 16.9. The van der Waals surface area contributed by atoms with Crippen LogP contribution < -0.4 is 0 Å². The van der Waals surface area contributed by atoms with Gasteiger partial charge in [-0.2, -0.15) is 0 Å². The van der Waals surface area contributed by atoms with Gasteiger partial charge in [-0.15, -0.1) is 0 Å². The van der Waals surface area contributed by atoms with E-state index < -0.39 is 16.1 Å². The average Bonchev–Trinajstić information content (AvgIpc) is 2.57. The Morgan fingerprint density at radius 2 is 1.00 bits per heavy atom. The van der Waals surface area contributed by atoms with Crippen LogP contribution in [0.4, 0.5) is 0 Å². The van der Waals surface area contributed by atoms with Crippen molar-refractivity contribution in [3.63, 3.8) is 0 Å². The molecule has 0 fully saturated rings. The van der Waals surface area contributed by atoms with E-state index in [0.717, 1.165) is 6.04 Å². The van der Waals surface area contributed by atoms with Crippen LogP contribution in [0.15, 0.2) is 0 Å². The fraction of sp³-hybridized carbons (Fsp3) is 1.00. The quantitative estimate of drug-likeness (QED) is 0.297. The molecule has 0 atom stereocenters. The fourth-order valence-corrected chi connectivity index (χ4v) is 11.5. The van der Waals surface area contributed by atoms with Crippen molar-refractivity contribution in [2.24, 2.45) is 0 Å². The predicted molar refractivity (Wildman–Crippen MR) is 103 cm³/mol. The summed E-state index contributed by atoms with van der Waals surface area (Å²) in [5.41, 5.74) is 0. The molecule has 0 spiro atoms. The monoisotopic (exact) mass is 351 g/mol. The summed E-state index contributed by atoms with van der Waals surface area (Å²) in [6, 6.07) is 0.988. The van der Waals surface area contributed by atoms with E-state index in [4.69, 9.17) is 13.3 Å². The minimum absolute atomic E-state index is 0.887. The van der Waals surface area contributed by atoms with Gasteiger partial charge in [0.25, 0.3) is 0 Å². The van der Waals surface area contributed by atoms with Gasteiger partial charge in [0.15, 0.2) is 0 Å². The van der Waals surface area contributed by atoms with E-state index in [9.17, 15) is 0 Å². The van der Waals surface area contributed by atoms with Gasteiger partial charge in [-0.1, -0.05) is 40.0 Å². The summed E-state index contributed by atoms with van der Waals surface area (Å²) in [7, 11) is 1.91. The molecule has 22 heavy (non-hydrogen) atoms. The molecule has 5 heteroatoms. The maximum atomic E-state index is 5.66. The van der Waals surface area contributed by atoms with Crippen molar-refractivity contribution in [1.29, 1.82) is 0 Å². The van der Waals surface area contributed by atoms with Crippen LogP contribution in [0.25, 0.3) is 0 Å². The molecule has 0 aromatic carbocycles. The second kappa shape index (κ2) is 12.9. The van der Waals surface area contributed by atoms with Gasteiger partial charge in [0, 0.05) is 28.6 Å². The molecular formula is C17H40O3PSi+. The van der Waals surface area contributed by atoms with E-state index in [2.05, 4.69) is 20.8 Å². The van der Waals surface area contributed by atoms with E-state index in [0.29, 0.717) is 0 Å². The standard InChI is InChI=1S/C17H40O3PSi/c1-7-10-13-21(14-11-8-2,15-12-9-3)16-17-22(18-4,19-5)20-6/h7-17H2,1-6H3/q+1. The molecule has 0 unspecified atom stereocenters. The molecule has 0 aliphatic heterocycles. The largest absolute Gasteiger partial charge is 0.503 e. The first-order valence-electron chi connectivity index (χ1n) is 9.08. The molecule has 3 nitrogen and oxygen atoms in total. The molecule has 0 amide bonds. The fourth-order valence-electron chi connectivity index (χ4n) is 3.08. The van der Waals surface area contributed by atoms with Crippen LogP contribution in [0.1, 0.15) is 59.3 Å². The molecule has 0 radical (unpaired) electrons. The molecule has 0 aromatic rings. The molecule has 134 valence electrons. The van der Waals surface area contributed by atoms with Crippen LogP contribution in [0.2, 0.25) is 6.04 Å². The SMILES string of the molecule is CCCC[P+](CCCC)(CCCC)CC[Si](OC)(OC)OC. The lowest BCUT2D eigenvalue weighted by Gasteiger charge is -2.31.